The van der Waals surface area contributed by atoms with E-state index in [4.69, 9.17) is 4.74 Å². The van der Waals surface area contributed by atoms with Crippen molar-refractivity contribution in [2.75, 3.05) is 5.32 Å². The first-order chi connectivity index (χ1) is 13.7. The van der Waals surface area contributed by atoms with E-state index >= 15 is 0 Å². The molecule has 3 aromatic carbocycles. The van der Waals surface area contributed by atoms with Gasteiger partial charge >= 0.3 is 0 Å². The Balaban J connectivity index is 1.45. The van der Waals surface area contributed by atoms with Crippen LogP contribution in [0.25, 0.3) is 0 Å². The van der Waals surface area contributed by atoms with Crippen LogP contribution in [-0.2, 0) is 0 Å². The summed E-state index contributed by atoms with van der Waals surface area (Å²) in [5, 5.41) is 4.28. The van der Waals surface area contributed by atoms with Crippen molar-refractivity contribution >= 4 is 23.1 Å². The first kappa shape index (κ1) is 16.6. The van der Waals surface area contributed by atoms with Gasteiger partial charge in [0.05, 0.1) is 11.4 Å². The second kappa shape index (κ2) is 6.05. The van der Waals surface area contributed by atoms with E-state index in [-0.39, 0.29) is 0 Å². The van der Waals surface area contributed by atoms with Crippen LogP contribution in [0, 0.1) is 11.8 Å². The highest BCUT2D eigenvalue weighted by molar-refractivity contribution is 8.00. The third-order valence-corrected chi connectivity index (χ3v) is 8.48. The second-order valence-electron chi connectivity index (χ2n) is 8.33. The molecule has 1 aliphatic carbocycles. The van der Waals surface area contributed by atoms with Crippen molar-refractivity contribution in [1.29, 1.82) is 0 Å². The topological polar surface area (TPSA) is 21.3 Å². The van der Waals surface area contributed by atoms with E-state index in [9.17, 15) is 0 Å². The van der Waals surface area contributed by atoms with E-state index in [0.717, 1.165) is 22.9 Å². The van der Waals surface area contributed by atoms with Crippen LogP contribution in [0.15, 0.2) is 71.6 Å². The lowest BCUT2D eigenvalue weighted by Gasteiger charge is -2.29. The highest BCUT2D eigenvalue weighted by atomic mass is 32.2. The molecular formula is C25H23NOS. The number of para-hydroxylation sites is 3. The zero-order valence-electron chi connectivity index (χ0n) is 16.1. The monoisotopic (exact) mass is 385 g/mol. The Morgan fingerprint density at radius 1 is 0.750 bits per heavy atom. The molecule has 2 heterocycles. The van der Waals surface area contributed by atoms with Crippen LogP contribution >= 0.6 is 11.8 Å². The second-order valence-corrected chi connectivity index (χ2v) is 9.55. The average molecular weight is 386 g/mol. The smallest absolute Gasteiger partial charge is 0.151 e. The quantitative estimate of drug-likeness (QED) is 0.375. The normalized spacial score (nSPS) is 29.1. The van der Waals surface area contributed by atoms with Crippen LogP contribution < -0.4 is 10.1 Å². The maximum atomic E-state index is 6.24. The third-order valence-electron chi connectivity index (χ3n) is 7.00. The van der Waals surface area contributed by atoms with E-state index in [2.05, 4.69) is 85.5 Å². The molecule has 2 aliphatic heterocycles. The van der Waals surface area contributed by atoms with Crippen LogP contribution in [0.4, 0.5) is 11.4 Å². The molecule has 0 saturated heterocycles. The minimum Gasteiger partial charge on any atom is -0.453 e. The minimum atomic E-state index is 0.508. The molecule has 0 bridgehead atoms. The first-order valence-electron chi connectivity index (χ1n) is 10.1. The Kier molecular flexibility index (Phi) is 3.58. The van der Waals surface area contributed by atoms with Crippen molar-refractivity contribution in [3.8, 4) is 11.5 Å². The van der Waals surface area contributed by atoms with Gasteiger partial charge in [-0.25, -0.2) is 0 Å². The molecular weight excluding hydrogens is 362 g/mol. The zero-order valence-corrected chi connectivity index (χ0v) is 16.9. The summed E-state index contributed by atoms with van der Waals surface area (Å²) in [5.74, 6) is 4.28. The summed E-state index contributed by atoms with van der Waals surface area (Å²) in [5.41, 5.74) is 5.17. The van der Waals surface area contributed by atoms with Gasteiger partial charge in [-0.15, -0.1) is 11.8 Å². The average Bonchev–Trinajstić information content (AvgIpc) is 3.21. The van der Waals surface area contributed by atoms with Crippen molar-refractivity contribution in [3.05, 3.63) is 77.9 Å². The molecule has 6 rings (SSSR count). The molecule has 0 amide bonds. The molecule has 5 atom stereocenters. The molecule has 3 heteroatoms. The molecule has 0 radical (unpaired) electrons. The number of hydrogen-bond donors (Lipinski definition) is 1. The van der Waals surface area contributed by atoms with Crippen LogP contribution in [0.1, 0.15) is 36.8 Å². The van der Waals surface area contributed by atoms with E-state index in [1.807, 2.05) is 12.1 Å². The van der Waals surface area contributed by atoms with E-state index in [0.29, 0.717) is 28.9 Å². The molecule has 140 valence electrons. The van der Waals surface area contributed by atoms with Gasteiger partial charge in [0.25, 0.3) is 0 Å². The predicted molar refractivity (Wildman–Crippen MR) is 116 cm³/mol. The number of hydrogen-bond acceptors (Lipinski definition) is 3. The lowest BCUT2D eigenvalue weighted by Crippen LogP contribution is -2.17. The Morgan fingerprint density at radius 2 is 1.43 bits per heavy atom. The van der Waals surface area contributed by atoms with Crippen LogP contribution in [0.3, 0.4) is 0 Å². The lowest BCUT2D eigenvalue weighted by molar-refractivity contribution is 0.400. The number of thioether (sulfide) groups is 1. The molecule has 28 heavy (non-hydrogen) atoms. The Hall–Kier alpha value is -2.39. The van der Waals surface area contributed by atoms with Crippen LogP contribution in [0.2, 0.25) is 0 Å². The van der Waals surface area contributed by atoms with Crippen LogP contribution in [0.5, 0.6) is 11.5 Å². The van der Waals surface area contributed by atoms with Crippen molar-refractivity contribution in [3.63, 3.8) is 0 Å². The number of benzene rings is 3. The van der Waals surface area contributed by atoms with E-state index in [1.54, 1.807) is 5.56 Å². The van der Waals surface area contributed by atoms with Gasteiger partial charge in [-0.3, -0.25) is 0 Å². The number of rotatable bonds is 1. The molecule has 0 spiro atoms. The van der Waals surface area contributed by atoms with Gasteiger partial charge in [0, 0.05) is 22.0 Å². The maximum Gasteiger partial charge on any atom is 0.151 e. The molecule has 2 nitrogen and oxygen atoms in total. The summed E-state index contributed by atoms with van der Waals surface area (Å²) >= 11 is 2.08. The number of nitrogens with one attached hydrogen (secondary N) is 1. The lowest BCUT2D eigenvalue weighted by atomic mass is 9.84. The summed E-state index contributed by atoms with van der Waals surface area (Å²) in [7, 11) is 0. The largest absolute Gasteiger partial charge is 0.453 e. The molecule has 1 saturated carbocycles. The summed E-state index contributed by atoms with van der Waals surface area (Å²) in [4.78, 5) is 1.47. The molecule has 3 aromatic rings. The fourth-order valence-corrected chi connectivity index (χ4v) is 7.38. The van der Waals surface area contributed by atoms with Gasteiger partial charge in [-0.2, -0.15) is 0 Å². The van der Waals surface area contributed by atoms with E-state index in [1.165, 1.54) is 10.5 Å². The van der Waals surface area contributed by atoms with Gasteiger partial charge in [-0.1, -0.05) is 56.3 Å². The van der Waals surface area contributed by atoms with Crippen molar-refractivity contribution in [2.24, 2.45) is 11.8 Å². The molecule has 5 unspecified atom stereocenters. The Bertz CT molecular complexity index is 1080. The van der Waals surface area contributed by atoms with Gasteiger partial charge < -0.3 is 10.1 Å². The van der Waals surface area contributed by atoms with Gasteiger partial charge in [0.2, 0.25) is 0 Å². The van der Waals surface area contributed by atoms with Crippen molar-refractivity contribution < 1.29 is 4.74 Å². The van der Waals surface area contributed by atoms with Gasteiger partial charge in [0.15, 0.2) is 11.5 Å². The fourth-order valence-electron chi connectivity index (χ4n) is 5.51. The summed E-state index contributed by atoms with van der Waals surface area (Å²) in [6.45, 7) is 4.88. The SMILES string of the molecule is CC1C(C)C(c2cccc3c2Nc2ccccc2O3)C2Sc3ccccc3C12. The number of ether oxygens (including phenoxy) is 1. The van der Waals surface area contributed by atoms with Crippen molar-refractivity contribution in [2.45, 2.75) is 35.8 Å². The standard InChI is InChI=1S/C25H23NOS/c1-14-15(2)23(25-22(14)16-8-3-6-13-21(16)28-25)17-9-7-12-20-24(17)26-18-10-4-5-11-19(18)27-20/h3-15,22-23,25-26H,1-2H3. The highest BCUT2D eigenvalue weighted by Crippen LogP contribution is 2.64. The predicted octanol–water partition coefficient (Wildman–Crippen LogP) is 7.16. The van der Waals surface area contributed by atoms with E-state index < -0.39 is 0 Å². The Labute approximate surface area is 170 Å². The summed E-state index contributed by atoms with van der Waals surface area (Å²) in [6, 6.07) is 23.8. The minimum absolute atomic E-state index is 0.508. The van der Waals surface area contributed by atoms with Crippen LogP contribution in [-0.4, -0.2) is 5.25 Å². The zero-order chi connectivity index (χ0) is 18.8. The van der Waals surface area contributed by atoms with Gasteiger partial charge in [-0.05, 0) is 47.2 Å². The third kappa shape index (κ3) is 2.23. The molecule has 3 aliphatic rings. The number of anilines is 2. The molecule has 0 aromatic heterocycles. The first-order valence-corrected chi connectivity index (χ1v) is 11.0. The maximum absolute atomic E-state index is 6.24. The highest BCUT2D eigenvalue weighted by Gasteiger charge is 2.52. The number of fused-ring (bicyclic) bond motifs is 5. The van der Waals surface area contributed by atoms with Crippen molar-refractivity contribution in [1.82, 2.24) is 0 Å². The Morgan fingerprint density at radius 3 is 2.32 bits per heavy atom. The summed E-state index contributed by atoms with van der Waals surface area (Å²) in [6.07, 6.45) is 0. The fraction of sp³-hybridized carbons (Fsp3) is 0.280. The van der Waals surface area contributed by atoms with Gasteiger partial charge in [0.1, 0.15) is 0 Å². The summed E-state index contributed by atoms with van der Waals surface area (Å²) < 4.78 is 6.24. The molecule has 1 N–H and O–H groups in total. The molecule has 1 fully saturated rings.